The van der Waals surface area contributed by atoms with Crippen LogP contribution in [0.3, 0.4) is 0 Å². The van der Waals surface area contributed by atoms with Gasteiger partial charge in [0.2, 0.25) is 5.78 Å². The van der Waals surface area contributed by atoms with Crippen molar-refractivity contribution in [1.29, 1.82) is 0 Å². The molecular weight excluding hydrogens is 458 g/mol. The van der Waals surface area contributed by atoms with Crippen molar-refractivity contribution in [3.05, 3.63) is 41.0 Å². The fourth-order valence-electron chi connectivity index (χ4n) is 4.60. The van der Waals surface area contributed by atoms with E-state index in [9.17, 15) is 18.3 Å². The highest BCUT2D eigenvalue weighted by molar-refractivity contribution is 7.84. The lowest BCUT2D eigenvalue weighted by Crippen LogP contribution is -2.39. The summed E-state index contributed by atoms with van der Waals surface area (Å²) in [5.41, 5.74) is 2.14. The molecule has 0 saturated heterocycles. The van der Waals surface area contributed by atoms with Gasteiger partial charge in [0.15, 0.2) is 0 Å². The van der Waals surface area contributed by atoms with Crippen LogP contribution >= 0.6 is 0 Å². The second-order valence-corrected chi connectivity index (χ2v) is 11.8. The molecule has 11 heteroatoms. The number of anilines is 1. The van der Waals surface area contributed by atoms with Crippen LogP contribution in [0.2, 0.25) is 0 Å². The number of aromatic nitrogens is 3. The first kappa shape index (κ1) is 26.3. The van der Waals surface area contributed by atoms with Crippen LogP contribution in [0, 0.1) is 25.2 Å². The maximum atomic E-state index is 13.6. The number of nitrogens with zero attached hydrogens (tertiary/aromatic N) is 3. The number of aliphatic hydroxyl groups is 1. The van der Waals surface area contributed by atoms with Crippen molar-refractivity contribution in [3.8, 4) is 0 Å². The van der Waals surface area contributed by atoms with E-state index in [2.05, 4.69) is 15.4 Å². The lowest BCUT2D eigenvalue weighted by atomic mass is 9.84. The van der Waals surface area contributed by atoms with Gasteiger partial charge in [-0.05, 0) is 47.1 Å². The number of rotatable bonds is 7. The van der Waals surface area contributed by atoms with Gasteiger partial charge in [-0.15, -0.1) is 0 Å². The fourth-order valence-corrected chi connectivity index (χ4v) is 4.97. The first-order valence-corrected chi connectivity index (χ1v) is 12.7. The lowest BCUT2D eigenvalue weighted by molar-refractivity contribution is 0.0284. The molecular formula is C23H35N5O5S. The van der Waals surface area contributed by atoms with Gasteiger partial charge < -0.3 is 10.4 Å². The molecule has 0 unspecified atom stereocenters. The minimum atomic E-state index is -4.11. The maximum absolute atomic E-state index is 13.6. The van der Waals surface area contributed by atoms with E-state index < -0.39 is 27.7 Å². The third kappa shape index (κ3) is 5.17. The SMILES string of the molecule is Cc1c(C(=O)c2cnccc2N[C@@H]2C[C@H](COS(N)(=O)=O)[C@@H](O)C2(C)C)nn(C(C)(C)C)c1C. The standard InChI is InChI=1S/C23H35N5O5S/c1-13-14(2)28(22(3,4)5)27-19(13)20(29)16-11-25-9-8-17(16)26-18-10-15(12-33-34(24,31)32)21(30)23(18,6)7/h8-9,11,15,18,21,30H,10,12H2,1-7H3,(H,25,26)(H2,24,31,32)/t15-,18-,21-/m1/s1. The summed E-state index contributed by atoms with van der Waals surface area (Å²) in [7, 11) is -4.11. The van der Waals surface area contributed by atoms with E-state index in [0.717, 1.165) is 11.3 Å². The summed E-state index contributed by atoms with van der Waals surface area (Å²) >= 11 is 0. The van der Waals surface area contributed by atoms with E-state index in [4.69, 9.17) is 9.32 Å². The first-order chi connectivity index (χ1) is 15.5. The average molecular weight is 494 g/mol. The van der Waals surface area contributed by atoms with Crippen LogP contribution in [0.1, 0.15) is 68.3 Å². The molecule has 0 aromatic carbocycles. The highest BCUT2D eigenvalue weighted by Crippen LogP contribution is 2.43. The molecule has 1 aliphatic carbocycles. The van der Waals surface area contributed by atoms with Gasteiger partial charge in [-0.25, -0.2) is 5.14 Å². The Morgan fingerprint density at radius 3 is 2.56 bits per heavy atom. The number of hydrogen-bond acceptors (Lipinski definition) is 8. The summed E-state index contributed by atoms with van der Waals surface area (Å²) in [5, 5.41) is 23.8. The molecule has 3 atom stereocenters. The van der Waals surface area contributed by atoms with Crippen molar-refractivity contribution in [2.75, 3.05) is 11.9 Å². The summed E-state index contributed by atoms with van der Waals surface area (Å²) in [4.78, 5) is 17.7. The van der Waals surface area contributed by atoms with Crippen LogP contribution in [0.4, 0.5) is 5.69 Å². The van der Waals surface area contributed by atoms with Crippen LogP contribution in [0.5, 0.6) is 0 Å². The molecule has 2 aromatic rings. The van der Waals surface area contributed by atoms with E-state index in [1.54, 1.807) is 12.3 Å². The van der Waals surface area contributed by atoms with Crippen molar-refractivity contribution in [2.24, 2.45) is 16.5 Å². The van der Waals surface area contributed by atoms with Gasteiger partial charge in [0.1, 0.15) is 5.69 Å². The molecule has 2 heterocycles. The molecule has 0 amide bonds. The van der Waals surface area contributed by atoms with Crippen molar-refractivity contribution in [1.82, 2.24) is 14.8 Å². The van der Waals surface area contributed by atoms with Crippen molar-refractivity contribution < 1.29 is 22.5 Å². The second kappa shape index (κ2) is 9.03. The first-order valence-electron chi connectivity index (χ1n) is 11.2. The zero-order chi connectivity index (χ0) is 25.6. The molecule has 4 N–H and O–H groups in total. The monoisotopic (exact) mass is 493 g/mol. The smallest absolute Gasteiger partial charge is 0.333 e. The number of hydrogen-bond donors (Lipinski definition) is 3. The average Bonchev–Trinajstić information content (AvgIpc) is 3.14. The van der Waals surface area contributed by atoms with Crippen LogP contribution in [-0.2, 0) is 20.0 Å². The number of carbonyl (C=O) groups is 1. The number of aliphatic hydroxyl groups excluding tert-OH is 1. The Kier molecular flexibility index (Phi) is 6.97. The molecule has 0 spiro atoms. The Hall–Kier alpha value is -2.34. The van der Waals surface area contributed by atoms with Crippen LogP contribution < -0.4 is 10.5 Å². The Balaban J connectivity index is 1.90. The molecule has 188 valence electrons. The molecule has 0 radical (unpaired) electrons. The van der Waals surface area contributed by atoms with Gasteiger partial charge in [-0.1, -0.05) is 13.8 Å². The van der Waals surface area contributed by atoms with E-state index >= 15 is 0 Å². The Morgan fingerprint density at radius 2 is 2.00 bits per heavy atom. The van der Waals surface area contributed by atoms with Gasteiger partial charge in [0.25, 0.3) is 0 Å². The van der Waals surface area contributed by atoms with E-state index in [1.165, 1.54) is 6.20 Å². The van der Waals surface area contributed by atoms with Crippen LogP contribution in [0.15, 0.2) is 18.5 Å². The minimum Gasteiger partial charge on any atom is -0.392 e. The van der Waals surface area contributed by atoms with Crippen LogP contribution in [0.25, 0.3) is 0 Å². The number of ketones is 1. The number of pyridine rings is 1. The van der Waals surface area contributed by atoms with Gasteiger partial charge in [0, 0.05) is 46.7 Å². The summed E-state index contributed by atoms with van der Waals surface area (Å²) in [6, 6.07) is 1.45. The number of carbonyl (C=O) groups excluding carboxylic acids is 1. The molecule has 1 aliphatic rings. The van der Waals surface area contributed by atoms with Gasteiger partial charge >= 0.3 is 10.3 Å². The zero-order valence-corrected chi connectivity index (χ0v) is 21.6. The number of nitrogens with two attached hydrogens (primary N) is 1. The summed E-state index contributed by atoms with van der Waals surface area (Å²) in [6.07, 6.45) is 2.69. The van der Waals surface area contributed by atoms with E-state index in [-0.39, 0.29) is 24.0 Å². The van der Waals surface area contributed by atoms with E-state index in [0.29, 0.717) is 23.4 Å². The lowest BCUT2D eigenvalue weighted by Gasteiger charge is -2.32. The third-order valence-corrected chi connectivity index (χ3v) is 7.22. The molecule has 10 nitrogen and oxygen atoms in total. The summed E-state index contributed by atoms with van der Waals surface area (Å²) in [5.74, 6) is -0.691. The predicted molar refractivity (Wildman–Crippen MR) is 129 cm³/mol. The molecule has 1 fully saturated rings. The van der Waals surface area contributed by atoms with Crippen molar-refractivity contribution >= 4 is 21.8 Å². The second-order valence-electron chi connectivity index (χ2n) is 10.6. The summed E-state index contributed by atoms with van der Waals surface area (Å²) in [6.45, 7) is 13.5. The maximum Gasteiger partial charge on any atom is 0.333 e. The molecule has 34 heavy (non-hydrogen) atoms. The van der Waals surface area contributed by atoms with Gasteiger partial charge in [-0.3, -0.25) is 18.6 Å². The van der Waals surface area contributed by atoms with Gasteiger partial charge in [-0.2, -0.15) is 13.5 Å². The minimum absolute atomic E-state index is 0.216. The van der Waals surface area contributed by atoms with Gasteiger partial charge in [0.05, 0.1) is 23.8 Å². The molecule has 0 aliphatic heterocycles. The quantitative estimate of drug-likeness (QED) is 0.497. The third-order valence-electron chi connectivity index (χ3n) is 6.75. The Labute approximate surface area is 201 Å². The molecule has 1 saturated carbocycles. The van der Waals surface area contributed by atoms with E-state index in [1.807, 2.05) is 53.1 Å². The Morgan fingerprint density at radius 1 is 1.35 bits per heavy atom. The summed E-state index contributed by atoms with van der Waals surface area (Å²) < 4.78 is 29.0. The molecule has 0 bridgehead atoms. The topological polar surface area (TPSA) is 149 Å². The van der Waals surface area contributed by atoms with Crippen LogP contribution in [-0.4, -0.2) is 52.8 Å². The molecule has 3 rings (SSSR count). The zero-order valence-electron chi connectivity index (χ0n) is 20.8. The normalized spacial score (nSPS) is 22.7. The highest BCUT2D eigenvalue weighted by Gasteiger charge is 2.49. The Bertz CT molecular complexity index is 1180. The largest absolute Gasteiger partial charge is 0.392 e. The van der Waals surface area contributed by atoms with Crippen molar-refractivity contribution in [2.45, 2.75) is 72.6 Å². The number of nitrogens with one attached hydrogen (secondary N) is 1. The molecule has 2 aromatic heterocycles. The fraction of sp³-hybridized carbons (Fsp3) is 0.609. The highest BCUT2D eigenvalue weighted by atomic mass is 32.2. The van der Waals surface area contributed by atoms with Crippen molar-refractivity contribution in [3.63, 3.8) is 0 Å². The predicted octanol–water partition coefficient (Wildman–Crippen LogP) is 2.29.